The number of nitrogens with one attached hydrogen (secondary N) is 1. The van der Waals surface area contributed by atoms with Gasteiger partial charge >= 0.3 is 0 Å². The number of halogens is 2. The summed E-state index contributed by atoms with van der Waals surface area (Å²) in [6.07, 6.45) is 0. The highest BCUT2D eigenvalue weighted by atomic mass is 35.5. The van der Waals surface area contributed by atoms with Gasteiger partial charge in [-0.05, 0) is 28.8 Å². The molecule has 5 heteroatoms. The van der Waals surface area contributed by atoms with Crippen LogP contribution in [0.4, 0.5) is 0 Å². The van der Waals surface area contributed by atoms with E-state index in [2.05, 4.69) is 5.32 Å². The number of carbonyl (C=O) groups excluding carboxylic acids is 1. The second-order valence-corrected chi connectivity index (χ2v) is 6.86. The minimum atomic E-state index is -0.252. The number of benzene rings is 3. The molecule has 0 heterocycles. The average Bonchev–Trinajstić information content (AvgIpc) is 2.70. The zero-order valence-corrected chi connectivity index (χ0v) is 16.1. The van der Waals surface area contributed by atoms with Crippen molar-refractivity contribution < 1.29 is 9.53 Å². The van der Waals surface area contributed by atoms with Crippen molar-refractivity contribution >= 4 is 29.1 Å². The van der Waals surface area contributed by atoms with Gasteiger partial charge in [0.25, 0.3) is 5.91 Å². The van der Waals surface area contributed by atoms with Gasteiger partial charge in [-0.3, -0.25) is 4.79 Å². The van der Waals surface area contributed by atoms with Crippen molar-refractivity contribution in [2.24, 2.45) is 0 Å². The largest absolute Gasteiger partial charge is 0.372 e. The summed E-state index contributed by atoms with van der Waals surface area (Å²) in [5.41, 5.74) is 3.60. The maximum Gasteiger partial charge on any atom is 0.253 e. The normalized spacial score (nSPS) is 10.6. The molecule has 3 aromatic rings. The number of ether oxygens (including phenoxy) is 1. The summed E-state index contributed by atoms with van der Waals surface area (Å²) in [4.78, 5) is 12.3. The van der Waals surface area contributed by atoms with E-state index in [9.17, 15) is 4.79 Å². The first kappa shape index (κ1) is 19.4. The smallest absolute Gasteiger partial charge is 0.253 e. The predicted molar refractivity (Wildman–Crippen MR) is 109 cm³/mol. The fourth-order valence-corrected chi connectivity index (χ4v) is 2.96. The van der Waals surface area contributed by atoms with Gasteiger partial charge in [-0.2, -0.15) is 0 Å². The molecule has 0 aliphatic heterocycles. The Kier molecular flexibility index (Phi) is 6.88. The van der Waals surface area contributed by atoms with Gasteiger partial charge in [0, 0.05) is 6.54 Å². The topological polar surface area (TPSA) is 38.3 Å². The van der Waals surface area contributed by atoms with E-state index in [-0.39, 0.29) is 10.9 Å². The molecule has 3 aromatic carbocycles. The Morgan fingerprint density at radius 1 is 0.778 bits per heavy atom. The van der Waals surface area contributed by atoms with Crippen LogP contribution in [-0.4, -0.2) is 5.91 Å². The van der Waals surface area contributed by atoms with Crippen LogP contribution < -0.4 is 5.32 Å². The molecule has 1 N–H and O–H groups in total. The molecule has 0 atom stereocenters. The number of carbonyl (C=O) groups is 1. The molecule has 1 amide bonds. The number of hydrogen-bond donors (Lipinski definition) is 1. The Balaban J connectivity index is 1.49. The van der Waals surface area contributed by atoms with E-state index in [1.54, 1.807) is 18.2 Å². The maximum absolute atomic E-state index is 12.3. The van der Waals surface area contributed by atoms with E-state index in [1.807, 2.05) is 54.6 Å². The van der Waals surface area contributed by atoms with Gasteiger partial charge in [-0.15, -0.1) is 0 Å². The number of rotatable bonds is 7. The number of amides is 1. The van der Waals surface area contributed by atoms with E-state index in [4.69, 9.17) is 27.9 Å². The van der Waals surface area contributed by atoms with Crippen molar-refractivity contribution in [2.75, 3.05) is 0 Å². The summed E-state index contributed by atoms with van der Waals surface area (Å²) in [5.74, 6) is -0.252. The van der Waals surface area contributed by atoms with E-state index in [0.717, 1.165) is 16.7 Å². The molecular weight excluding hydrogens is 381 g/mol. The first-order chi connectivity index (χ1) is 13.1. The zero-order chi connectivity index (χ0) is 19.1. The molecule has 0 radical (unpaired) electrons. The predicted octanol–water partition coefficient (Wildman–Crippen LogP) is 5.64. The minimum absolute atomic E-state index is 0.252. The van der Waals surface area contributed by atoms with Crippen LogP contribution in [0.3, 0.4) is 0 Å². The van der Waals surface area contributed by atoms with Crippen molar-refractivity contribution in [3.63, 3.8) is 0 Å². The minimum Gasteiger partial charge on any atom is -0.372 e. The van der Waals surface area contributed by atoms with E-state index in [0.29, 0.717) is 30.3 Å². The molecular formula is C22H19Cl2NO2. The monoisotopic (exact) mass is 399 g/mol. The van der Waals surface area contributed by atoms with Crippen molar-refractivity contribution in [1.82, 2.24) is 5.32 Å². The van der Waals surface area contributed by atoms with Gasteiger partial charge in [0.2, 0.25) is 0 Å². The van der Waals surface area contributed by atoms with Gasteiger partial charge in [-0.25, -0.2) is 0 Å². The van der Waals surface area contributed by atoms with Gasteiger partial charge in [0.1, 0.15) is 0 Å². The Bertz CT molecular complexity index is 896. The Morgan fingerprint density at radius 3 is 2.11 bits per heavy atom. The molecule has 3 nitrogen and oxygen atoms in total. The second-order valence-electron chi connectivity index (χ2n) is 6.08. The van der Waals surface area contributed by atoms with E-state index in [1.165, 1.54) is 0 Å². The van der Waals surface area contributed by atoms with E-state index < -0.39 is 0 Å². The van der Waals surface area contributed by atoms with Crippen molar-refractivity contribution in [1.29, 1.82) is 0 Å². The van der Waals surface area contributed by atoms with Crippen LogP contribution in [0.1, 0.15) is 27.0 Å². The first-order valence-electron chi connectivity index (χ1n) is 8.55. The molecule has 0 aromatic heterocycles. The molecule has 0 aliphatic carbocycles. The molecule has 0 fully saturated rings. The van der Waals surface area contributed by atoms with Gasteiger partial charge < -0.3 is 10.1 Å². The highest BCUT2D eigenvalue weighted by Gasteiger charge is 2.12. The Hall–Kier alpha value is -2.33. The summed E-state index contributed by atoms with van der Waals surface area (Å²) < 4.78 is 5.73. The lowest BCUT2D eigenvalue weighted by Crippen LogP contribution is -2.23. The van der Waals surface area contributed by atoms with Crippen LogP contribution in [0.2, 0.25) is 10.0 Å². The maximum atomic E-state index is 12.3. The lowest BCUT2D eigenvalue weighted by molar-refractivity contribution is 0.0951. The molecule has 0 saturated heterocycles. The van der Waals surface area contributed by atoms with E-state index >= 15 is 0 Å². The summed E-state index contributed by atoms with van der Waals surface area (Å²) in [6.45, 7) is 1.53. The lowest BCUT2D eigenvalue weighted by atomic mass is 10.1. The molecule has 27 heavy (non-hydrogen) atoms. The third-order valence-electron chi connectivity index (χ3n) is 4.05. The summed E-state index contributed by atoms with van der Waals surface area (Å²) in [5, 5.41) is 3.49. The van der Waals surface area contributed by atoms with Crippen LogP contribution in [0.25, 0.3) is 0 Å². The molecule has 3 rings (SSSR count). The second kappa shape index (κ2) is 9.56. The first-order valence-corrected chi connectivity index (χ1v) is 9.31. The molecule has 0 aliphatic rings. The summed E-state index contributed by atoms with van der Waals surface area (Å²) in [7, 11) is 0. The fourth-order valence-electron chi connectivity index (χ4n) is 2.57. The van der Waals surface area contributed by atoms with Crippen molar-refractivity contribution in [3.8, 4) is 0 Å². The van der Waals surface area contributed by atoms with Crippen LogP contribution in [0.15, 0.2) is 72.8 Å². The molecule has 0 bridgehead atoms. The van der Waals surface area contributed by atoms with Gasteiger partial charge in [-0.1, -0.05) is 83.9 Å². The highest BCUT2D eigenvalue weighted by molar-refractivity contribution is 6.43. The molecule has 0 saturated carbocycles. The van der Waals surface area contributed by atoms with Crippen LogP contribution >= 0.6 is 23.2 Å². The van der Waals surface area contributed by atoms with Crippen LogP contribution in [0.5, 0.6) is 0 Å². The third kappa shape index (κ3) is 5.57. The highest BCUT2D eigenvalue weighted by Crippen LogP contribution is 2.25. The van der Waals surface area contributed by atoms with Crippen molar-refractivity contribution in [3.05, 3.63) is 105 Å². The molecule has 0 unspecified atom stereocenters. The van der Waals surface area contributed by atoms with Crippen molar-refractivity contribution in [2.45, 2.75) is 19.8 Å². The van der Waals surface area contributed by atoms with Gasteiger partial charge in [0.15, 0.2) is 0 Å². The standard InChI is InChI=1S/C22H19Cl2NO2/c23-20-8-4-7-19(21(20)24)22(26)25-13-16-9-11-18(12-10-16)15-27-14-17-5-2-1-3-6-17/h1-12H,13-15H2,(H,25,26). The van der Waals surface area contributed by atoms with Gasteiger partial charge in [0.05, 0.1) is 28.8 Å². The van der Waals surface area contributed by atoms with Crippen LogP contribution in [-0.2, 0) is 24.5 Å². The quantitative estimate of drug-likeness (QED) is 0.557. The third-order valence-corrected chi connectivity index (χ3v) is 4.87. The molecule has 138 valence electrons. The Labute approximate surface area is 168 Å². The fraction of sp³-hybridized carbons (Fsp3) is 0.136. The van der Waals surface area contributed by atoms with Crippen LogP contribution in [0, 0.1) is 0 Å². The summed E-state index contributed by atoms with van der Waals surface area (Å²) >= 11 is 12.0. The lowest BCUT2D eigenvalue weighted by Gasteiger charge is -2.09. The Morgan fingerprint density at radius 2 is 1.41 bits per heavy atom. The number of hydrogen-bond acceptors (Lipinski definition) is 2. The average molecular weight is 400 g/mol. The SMILES string of the molecule is O=C(NCc1ccc(COCc2ccccc2)cc1)c1cccc(Cl)c1Cl. The summed E-state index contributed by atoms with van der Waals surface area (Å²) in [6, 6.07) is 23.0. The zero-order valence-electron chi connectivity index (χ0n) is 14.6. The molecule has 0 spiro atoms.